The highest BCUT2D eigenvalue weighted by atomic mass is 16.8. The summed E-state index contributed by atoms with van der Waals surface area (Å²) in [5.74, 6) is -7.76. The number of carbonyl (C=O) groups excluding carboxylic acids is 3. The van der Waals surface area contributed by atoms with Crippen molar-refractivity contribution in [3.63, 3.8) is 0 Å². The quantitative estimate of drug-likeness (QED) is 0.0179. The van der Waals surface area contributed by atoms with Gasteiger partial charge in [-0.3, -0.25) is 14.4 Å². The molecule has 0 aliphatic carbocycles. The first-order valence-corrected chi connectivity index (χ1v) is 37.7. The number of carboxylic acid groups (broad SMARTS) is 1. The highest BCUT2D eigenvalue weighted by Crippen LogP contribution is 2.41. The minimum absolute atomic E-state index is 0.100. The van der Waals surface area contributed by atoms with Crippen LogP contribution in [0.5, 0.6) is 0 Å². The van der Waals surface area contributed by atoms with Gasteiger partial charge in [0.15, 0.2) is 25.2 Å². The van der Waals surface area contributed by atoms with E-state index < -0.39 is 241 Å². The number of amides is 3. The van der Waals surface area contributed by atoms with Gasteiger partial charge in [-0.2, -0.15) is 0 Å². The Balaban J connectivity index is 1.41. The third-order valence-electron chi connectivity index (χ3n) is 19.4. The highest BCUT2D eigenvalue weighted by molar-refractivity contribution is 5.77. The van der Waals surface area contributed by atoms with Gasteiger partial charge >= 0.3 is 5.97 Å². The molecule has 5 rings (SSSR count). The molecule has 616 valence electrons. The fourth-order valence-corrected chi connectivity index (χ4v) is 13.4. The predicted octanol–water partition coefficient (Wildman–Crippen LogP) is -1.94. The van der Waals surface area contributed by atoms with E-state index in [0.29, 0.717) is 12.8 Å². The van der Waals surface area contributed by atoms with Crippen LogP contribution in [-0.2, 0) is 66.5 Å². The van der Waals surface area contributed by atoms with E-state index >= 15 is 0 Å². The van der Waals surface area contributed by atoms with E-state index in [4.69, 9.17) is 47.4 Å². The van der Waals surface area contributed by atoms with Gasteiger partial charge in [0.25, 0.3) is 5.79 Å². The van der Waals surface area contributed by atoms with Crippen LogP contribution in [0.15, 0.2) is 60.8 Å². The second-order valence-corrected chi connectivity index (χ2v) is 27.9. The number of aliphatic carboxylic acids is 1. The Bertz CT molecular complexity index is 2700. The summed E-state index contributed by atoms with van der Waals surface area (Å²) in [4.78, 5) is 52.9. The smallest absolute Gasteiger partial charge is 0.364 e. The average molecular weight is 1540 g/mol. The Morgan fingerprint density at radius 1 is 0.505 bits per heavy atom. The summed E-state index contributed by atoms with van der Waals surface area (Å²) in [5, 5.41) is 197. The maximum absolute atomic E-state index is 13.8. The lowest BCUT2D eigenvalue weighted by Crippen LogP contribution is -2.72. The first kappa shape index (κ1) is 93.1. The Morgan fingerprint density at radius 2 is 0.991 bits per heavy atom. The topological polar surface area (TPSA) is 541 Å². The number of hydrogen-bond donors (Lipinski definition) is 20. The standard InChI is InChI=1S/C73H123N3O31/c1-5-7-9-11-13-15-17-19-20-22-24-26-28-30-32-34-52(87)76-44(45(84)33-31-29-27-25-23-21-18-16-14-12-10-8-6-2)41-98-69-61(94)59(92)63(50(39-80)101-69)103-71-62(95)67(107-73(72(96)97)35-46(85)53(74-42(3)82)66(106-73)55(88)47(86)36-77)64(51(40-81)102-71)104-68-54(75-43(4)83)65(57(90)49(38-79)99-68)105-70-60(93)58(91)56(89)48(37-78)100-70/h7,9,11,13,15,17,19-20,31,33,44-51,53-71,77-81,84-86,88-95H,5-6,8,10,12,14,16,18,21-30,32,34-41H2,1-4H3,(H,74,82)(H,75,83)(H,76,87)(H,96,97). The predicted molar refractivity (Wildman–Crippen MR) is 378 cm³/mol. The van der Waals surface area contributed by atoms with E-state index in [9.17, 15) is 106 Å². The molecule has 28 unspecified atom stereocenters. The molecule has 0 aromatic heterocycles. The second kappa shape index (κ2) is 49.1. The zero-order valence-electron chi connectivity index (χ0n) is 61.8. The summed E-state index contributed by atoms with van der Waals surface area (Å²) in [6.45, 7) is 0.109. The normalized spacial score (nSPS) is 34.9. The number of carbonyl (C=O) groups is 4. The van der Waals surface area contributed by atoms with Gasteiger partial charge in [-0.25, -0.2) is 4.79 Å². The van der Waals surface area contributed by atoms with Crippen LogP contribution in [0.1, 0.15) is 163 Å². The van der Waals surface area contributed by atoms with Crippen molar-refractivity contribution in [2.75, 3.05) is 39.6 Å². The van der Waals surface area contributed by atoms with Crippen molar-refractivity contribution in [1.29, 1.82) is 0 Å². The maximum Gasteiger partial charge on any atom is 0.364 e. The van der Waals surface area contributed by atoms with Gasteiger partial charge in [0.05, 0.1) is 63.9 Å². The van der Waals surface area contributed by atoms with Crippen LogP contribution < -0.4 is 16.0 Å². The van der Waals surface area contributed by atoms with Crippen molar-refractivity contribution in [2.45, 2.75) is 334 Å². The number of nitrogens with one attached hydrogen (secondary N) is 3. The minimum Gasteiger partial charge on any atom is -0.477 e. The number of ether oxygens (including phenoxy) is 10. The fraction of sp³-hybridized carbons (Fsp3) is 0.808. The summed E-state index contributed by atoms with van der Waals surface area (Å²) in [5.41, 5.74) is 0. The minimum atomic E-state index is -3.39. The molecule has 0 aromatic rings. The first-order valence-electron chi connectivity index (χ1n) is 37.7. The molecule has 5 fully saturated rings. The van der Waals surface area contributed by atoms with E-state index in [0.717, 1.165) is 78.1 Å². The van der Waals surface area contributed by atoms with Crippen molar-refractivity contribution in [2.24, 2.45) is 0 Å². The van der Waals surface area contributed by atoms with Gasteiger partial charge < -0.3 is 150 Å². The Labute approximate surface area is 624 Å². The Morgan fingerprint density at radius 3 is 1.57 bits per heavy atom. The third kappa shape index (κ3) is 28.6. The molecule has 20 N–H and O–H groups in total. The lowest BCUT2D eigenvalue weighted by molar-refractivity contribution is -0.403. The number of aliphatic hydroxyl groups is 16. The van der Waals surface area contributed by atoms with Gasteiger partial charge in [0, 0.05) is 26.7 Å². The summed E-state index contributed by atoms with van der Waals surface area (Å²) in [6, 6.07) is -4.84. The van der Waals surface area contributed by atoms with E-state index in [1.165, 1.54) is 51.0 Å². The third-order valence-corrected chi connectivity index (χ3v) is 19.4. The number of aliphatic hydroxyl groups excluding tert-OH is 16. The molecule has 0 aromatic carbocycles. The molecule has 5 heterocycles. The molecule has 5 aliphatic heterocycles. The van der Waals surface area contributed by atoms with E-state index in [1.54, 1.807) is 6.08 Å². The van der Waals surface area contributed by atoms with Crippen molar-refractivity contribution in [3.05, 3.63) is 60.8 Å². The van der Waals surface area contributed by atoms with Crippen LogP contribution in [0.25, 0.3) is 0 Å². The van der Waals surface area contributed by atoms with Gasteiger partial charge in [0.2, 0.25) is 17.7 Å². The summed E-state index contributed by atoms with van der Waals surface area (Å²) >= 11 is 0. The number of hydrogen-bond acceptors (Lipinski definition) is 30. The molecule has 34 heteroatoms. The second-order valence-electron chi connectivity index (χ2n) is 27.9. The van der Waals surface area contributed by atoms with Crippen molar-refractivity contribution in [3.8, 4) is 0 Å². The Kier molecular flexibility index (Phi) is 42.8. The molecule has 0 saturated carbocycles. The highest BCUT2D eigenvalue weighted by Gasteiger charge is 2.62. The number of allylic oxidation sites excluding steroid dienone is 9. The first-order chi connectivity index (χ1) is 51.3. The molecule has 3 amide bonds. The van der Waals surface area contributed by atoms with Crippen LogP contribution in [-0.4, -0.2) is 321 Å². The monoisotopic (exact) mass is 1540 g/mol. The van der Waals surface area contributed by atoms with Crippen LogP contribution >= 0.6 is 0 Å². The lowest BCUT2D eigenvalue weighted by Gasteiger charge is -2.52. The SMILES string of the molecule is CCC=CC=CC=CC=CCCCCCCCC(=O)NC(COC1OC(CO)C(OC2OC(CO)C(OC3OC(CO)C(O)C(OC4OC(CO)C(O)C(O)C4O)C3NC(C)=O)C(OC3(C(=O)O)CC(O)C(NC(C)=O)C(C(O)C(O)CO)O3)C2O)C(O)C1O)C(O)C=CCCCCCCCCCCCCC. The lowest BCUT2D eigenvalue weighted by atomic mass is 9.88. The number of rotatable bonds is 48. The van der Waals surface area contributed by atoms with Gasteiger partial charge in [-0.1, -0.05) is 158 Å². The number of carboxylic acids is 1. The van der Waals surface area contributed by atoms with Crippen LogP contribution in [0.2, 0.25) is 0 Å². The Hall–Kier alpha value is -4.46. The zero-order valence-corrected chi connectivity index (χ0v) is 61.8. The fourth-order valence-electron chi connectivity index (χ4n) is 13.4. The van der Waals surface area contributed by atoms with Crippen molar-refractivity contribution in [1.82, 2.24) is 16.0 Å². The number of unbranched alkanes of at least 4 members (excludes halogenated alkanes) is 16. The van der Waals surface area contributed by atoms with Crippen LogP contribution in [0.3, 0.4) is 0 Å². The summed E-state index contributed by atoms with van der Waals surface area (Å²) in [6.07, 6.45) is -12.2. The van der Waals surface area contributed by atoms with Crippen molar-refractivity contribution >= 4 is 23.7 Å². The molecule has 5 aliphatic rings. The zero-order chi connectivity index (χ0) is 78.8. The van der Waals surface area contributed by atoms with Gasteiger partial charge in [0.1, 0.15) is 116 Å². The molecule has 34 nitrogen and oxygen atoms in total. The molecule has 0 bridgehead atoms. The average Bonchev–Trinajstić information content (AvgIpc) is 0.754. The van der Waals surface area contributed by atoms with Crippen LogP contribution in [0, 0.1) is 0 Å². The molecule has 5 saturated heterocycles. The van der Waals surface area contributed by atoms with Gasteiger partial charge in [-0.15, -0.1) is 0 Å². The molecule has 0 spiro atoms. The molecule has 107 heavy (non-hydrogen) atoms. The van der Waals surface area contributed by atoms with E-state index in [1.807, 2.05) is 36.5 Å². The summed E-state index contributed by atoms with van der Waals surface area (Å²) < 4.78 is 60.0. The molecular weight excluding hydrogens is 1410 g/mol. The maximum atomic E-state index is 13.8. The van der Waals surface area contributed by atoms with Crippen LogP contribution in [0.4, 0.5) is 0 Å². The van der Waals surface area contributed by atoms with Crippen molar-refractivity contribution < 1.29 is 153 Å². The summed E-state index contributed by atoms with van der Waals surface area (Å²) in [7, 11) is 0. The molecule has 28 atom stereocenters. The largest absolute Gasteiger partial charge is 0.477 e. The molecular formula is C73H123N3O31. The van der Waals surface area contributed by atoms with Gasteiger partial charge in [-0.05, 0) is 38.5 Å². The van der Waals surface area contributed by atoms with E-state index in [2.05, 4.69) is 41.9 Å². The van der Waals surface area contributed by atoms with E-state index in [-0.39, 0.29) is 6.42 Å². The molecule has 0 radical (unpaired) electrons.